The van der Waals surface area contributed by atoms with Crippen LogP contribution in [-0.2, 0) is 4.79 Å². The van der Waals surface area contributed by atoms with Gasteiger partial charge in [0.25, 0.3) is 5.91 Å². The van der Waals surface area contributed by atoms with E-state index in [1.54, 1.807) is 0 Å². The summed E-state index contributed by atoms with van der Waals surface area (Å²) >= 11 is 7.78. The first-order valence-corrected chi connectivity index (χ1v) is 12.1. The Balaban J connectivity index is 1.40. The minimum absolute atomic E-state index is 0.102. The fourth-order valence-electron chi connectivity index (χ4n) is 3.97. The van der Waals surface area contributed by atoms with Crippen molar-refractivity contribution in [1.29, 1.82) is 0 Å². The molecule has 0 spiro atoms. The van der Waals surface area contributed by atoms with E-state index in [9.17, 15) is 9.59 Å². The van der Waals surface area contributed by atoms with E-state index in [4.69, 9.17) is 11.6 Å². The molecule has 0 saturated heterocycles. The Bertz CT molecular complexity index is 1180. The summed E-state index contributed by atoms with van der Waals surface area (Å²) in [5.74, 6) is -0.110. The molecule has 7 heteroatoms. The zero-order valence-corrected chi connectivity index (χ0v) is 19.8. The van der Waals surface area contributed by atoms with Gasteiger partial charge in [0.15, 0.2) is 0 Å². The van der Waals surface area contributed by atoms with Gasteiger partial charge in [-0.15, -0.1) is 11.3 Å². The van der Waals surface area contributed by atoms with Crippen molar-refractivity contribution in [2.24, 2.45) is 11.0 Å². The van der Waals surface area contributed by atoms with Gasteiger partial charge in [-0.1, -0.05) is 55.1 Å². The van der Waals surface area contributed by atoms with Crippen molar-refractivity contribution >= 4 is 56.2 Å². The highest BCUT2D eigenvalue weighted by atomic mass is 35.5. The lowest BCUT2D eigenvalue weighted by molar-refractivity contribution is -0.120. The van der Waals surface area contributed by atoms with Crippen LogP contribution in [0.15, 0.2) is 47.6 Å². The molecule has 0 bridgehead atoms. The molecule has 1 fully saturated rings. The van der Waals surface area contributed by atoms with Gasteiger partial charge in [0, 0.05) is 21.7 Å². The standard InChI is InChI=1S/C25H26ClN3O2S/c1-15-8-13-20-21(14-15)32-23(22(20)26)25(31)29-28-16(2)17-9-11-19(12-10-17)27-24(30)18-6-4-3-5-7-18/h8-14,18H,3-7H2,1-2H3,(H,27,30)(H,29,31)/b28-16+. The molecule has 1 aliphatic rings. The van der Waals surface area contributed by atoms with Crippen LogP contribution in [0.1, 0.15) is 59.8 Å². The molecule has 0 atom stereocenters. The number of carbonyl (C=O) groups excluding carboxylic acids is 2. The Morgan fingerprint density at radius 3 is 2.50 bits per heavy atom. The van der Waals surface area contributed by atoms with Crippen LogP contribution in [0.5, 0.6) is 0 Å². The maximum absolute atomic E-state index is 12.6. The van der Waals surface area contributed by atoms with Crippen molar-refractivity contribution in [1.82, 2.24) is 5.43 Å². The van der Waals surface area contributed by atoms with Crippen molar-refractivity contribution in [2.45, 2.75) is 46.0 Å². The summed E-state index contributed by atoms with van der Waals surface area (Å²) in [6.45, 7) is 3.83. The fourth-order valence-corrected chi connectivity index (χ4v) is 5.48. The van der Waals surface area contributed by atoms with Gasteiger partial charge in [0.05, 0.1) is 10.7 Å². The molecular formula is C25H26ClN3O2S. The zero-order chi connectivity index (χ0) is 22.7. The van der Waals surface area contributed by atoms with Crippen LogP contribution in [0.4, 0.5) is 5.69 Å². The molecule has 1 saturated carbocycles. The summed E-state index contributed by atoms with van der Waals surface area (Å²) < 4.78 is 0.978. The van der Waals surface area contributed by atoms with Crippen LogP contribution in [0, 0.1) is 12.8 Å². The van der Waals surface area contributed by atoms with Crippen LogP contribution in [-0.4, -0.2) is 17.5 Å². The Kier molecular flexibility index (Phi) is 6.92. The van der Waals surface area contributed by atoms with Gasteiger partial charge in [-0.05, 0) is 56.0 Å². The normalized spacial score (nSPS) is 15.0. The minimum Gasteiger partial charge on any atom is -0.326 e. The third-order valence-electron chi connectivity index (χ3n) is 5.86. The van der Waals surface area contributed by atoms with Crippen LogP contribution in [0.3, 0.4) is 0 Å². The second-order valence-electron chi connectivity index (χ2n) is 8.28. The first-order valence-electron chi connectivity index (χ1n) is 10.9. The summed E-state index contributed by atoms with van der Waals surface area (Å²) in [5.41, 5.74) is 6.02. The van der Waals surface area contributed by atoms with Crippen molar-refractivity contribution < 1.29 is 9.59 Å². The van der Waals surface area contributed by atoms with Gasteiger partial charge in [-0.3, -0.25) is 9.59 Å². The quantitative estimate of drug-likeness (QED) is 0.330. The fraction of sp³-hybridized carbons (Fsp3) is 0.320. The van der Waals surface area contributed by atoms with E-state index in [0.29, 0.717) is 15.6 Å². The van der Waals surface area contributed by atoms with Crippen LogP contribution < -0.4 is 10.7 Å². The number of hydrogen-bond acceptors (Lipinski definition) is 4. The number of rotatable bonds is 5. The predicted molar refractivity (Wildman–Crippen MR) is 133 cm³/mol. The molecule has 3 aromatic rings. The molecule has 32 heavy (non-hydrogen) atoms. The molecule has 1 aliphatic carbocycles. The monoisotopic (exact) mass is 467 g/mol. The summed E-state index contributed by atoms with van der Waals surface area (Å²) in [6.07, 6.45) is 5.43. The molecule has 2 amide bonds. The van der Waals surface area contributed by atoms with Gasteiger partial charge in [-0.2, -0.15) is 5.10 Å². The summed E-state index contributed by atoms with van der Waals surface area (Å²) in [6, 6.07) is 13.4. The Labute approximate surface area is 196 Å². The van der Waals surface area contributed by atoms with Crippen molar-refractivity contribution in [2.75, 3.05) is 5.32 Å². The van der Waals surface area contributed by atoms with E-state index < -0.39 is 0 Å². The number of fused-ring (bicyclic) bond motifs is 1. The average Bonchev–Trinajstić information content (AvgIpc) is 3.13. The number of amides is 2. The van der Waals surface area contributed by atoms with Crippen molar-refractivity contribution in [3.8, 4) is 0 Å². The number of carbonyl (C=O) groups is 2. The summed E-state index contributed by atoms with van der Waals surface area (Å²) in [5, 5.41) is 8.58. The molecule has 166 valence electrons. The molecule has 2 aromatic carbocycles. The molecule has 0 unspecified atom stereocenters. The number of nitrogens with one attached hydrogen (secondary N) is 2. The lowest BCUT2D eigenvalue weighted by atomic mass is 9.88. The minimum atomic E-state index is -0.329. The highest BCUT2D eigenvalue weighted by Gasteiger charge is 2.21. The van der Waals surface area contributed by atoms with Crippen molar-refractivity contribution in [3.63, 3.8) is 0 Å². The Morgan fingerprint density at radius 2 is 1.78 bits per heavy atom. The largest absolute Gasteiger partial charge is 0.326 e. The van der Waals surface area contributed by atoms with E-state index in [0.717, 1.165) is 52.6 Å². The predicted octanol–water partition coefficient (Wildman–Crippen LogP) is 6.54. The Hall–Kier alpha value is -2.70. The van der Waals surface area contributed by atoms with E-state index in [2.05, 4.69) is 15.8 Å². The third-order valence-corrected chi connectivity index (χ3v) is 7.52. The first-order chi connectivity index (χ1) is 15.4. The lowest BCUT2D eigenvalue weighted by Gasteiger charge is -2.20. The number of hydrogen-bond donors (Lipinski definition) is 2. The molecular weight excluding hydrogens is 442 g/mol. The number of benzene rings is 2. The average molecular weight is 468 g/mol. The highest BCUT2D eigenvalue weighted by molar-refractivity contribution is 7.21. The molecule has 1 aromatic heterocycles. The third kappa shape index (κ3) is 5.03. The van der Waals surface area contributed by atoms with E-state index in [1.807, 2.05) is 56.3 Å². The number of nitrogens with zero attached hydrogens (tertiary/aromatic N) is 1. The summed E-state index contributed by atoms with van der Waals surface area (Å²) in [7, 11) is 0. The smallest absolute Gasteiger partial charge is 0.283 e. The first kappa shape index (κ1) is 22.5. The van der Waals surface area contributed by atoms with E-state index in [1.165, 1.54) is 17.8 Å². The number of thiophene rings is 1. The van der Waals surface area contributed by atoms with Crippen molar-refractivity contribution in [3.05, 3.63) is 63.5 Å². The van der Waals surface area contributed by atoms with Gasteiger partial charge < -0.3 is 5.32 Å². The van der Waals surface area contributed by atoms with Crippen LogP contribution in [0.25, 0.3) is 10.1 Å². The maximum Gasteiger partial charge on any atom is 0.283 e. The number of halogens is 1. The van der Waals surface area contributed by atoms with E-state index >= 15 is 0 Å². The molecule has 0 radical (unpaired) electrons. The highest BCUT2D eigenvalue weighted by Crippen LogP contribution is 2.35. The van der Waals surface area contributed by atoms with Crippen LogP contribution >= 0.6 is 22.9 Å². The zero-order valence-electron chi connectivity index (χ0n) is 18.2. The maximum atomic E-state index is 12.6. The second-order valence-corrected chi connectivity index (χ2v) is 9.71. The molecule has 0 aliphatic heterocycles. The SMILES string of the molecule is C/C(=N\NC(=O)c1sc2cc(C)ccc2c1Cl)c1ccc(NC(=O)C2CCCCC2)cc1. The van der Waals surface area contributed by atoms with Gasteiger partial charge in [-0.25, -0.2) is 5.43 Å². The van der Waals surface area contributed by atoms with E-state index in [-0.39, 0.29) is 17.7 Å². The molecule has 1 heterocycles. The second kappa shape index (κ2) is 9.84. The van der Waals surface area contributed by atoms with Crippen LogP contribution in [0.2, 0.25) is 5.02 Å². The lowest BCUT2D eigenvalue weighted by Crippen LogP contribution is -2.24. The number of anilines is 1. The van der Waals surface area contributed by atoms with Gasteiger partial charge >= 0.3 is 0 Å². The van der Waals surface area contributed by atoms with Gasteiger partial charge in [0.1, 0.15) is 4.88 Å². The number of hydrazone groups is 1. The number of aryl methyl sites for hydroxylation is 1. The molecule has 5 nitrogen and oxygen atoms in total. The molecule has 4 rings (SSSR count). The summed E-state index contributed by atoms with van der Waals surface area (Å²) in [4.78, 5) is 25.5. The topological polar surface area (TPSA) is 70.6 Å². The Morgan fingerprint density at radius 1 is 1.06 bits per heavy atom. The van der Waals surface area contributed by atoms with Gasteiger partial charge in [0.2, 0.25) is 5.91 Å². The molecule has 2 N–H and O–H groups in total.